The van der Waals surface area contributed by atoms with Gasteiger partial charge >= 0.3 is 0 Å². The van der Waals surface area contributed by atoms with Gasteiger partial charge in [0.2, 0.25) is 0 Å². The van der Waals surface area contributed by atoms with Crippen LogP contribution in [0.25, 0.3) is 11.4 Å². The zero-order valence-corrected chi connectivity index (χ0v) is 13.7. The molecule has 2 unspecified atom stereocenters. The molecule has 1 aliphatic rings. The monoisotopic (exact) mass is 383 g/mol. The summed E-state index contributed by atoms with van der Waals surface area (Å²) in [4.78, 5) is 4.46. The molecule has 0 aliphatic heterocycles. The van der Waals surface area contributed by atoms with Gasteiger partial charge in [0.1, 0.15) is 6.33 Å². The Morgan fingerprint density at radius 2 is 2.25 bits per heavy atom. The highest BCUT2D eigenvalue weighted by molar-refractivity contribution is 14.1. The van der Waals surface area contributed by atoms with Gasteiger partial charge in [-0.3, -0.25) is 0 Å². The molecule has 0 spiro atoms. The minimum atomic E-state index is 0.360. The number of aromatic nitrogens is 3. The summed E-state index contributed by atoms with van der Waals surface area (Å²) >= 11 is 2.31. The Kier molecular flexibility index (Phi) is 4.35. The first-order chi connectivity index (χ1) is 9.76. The average Bonchev–Trinajstić information content (AvgIpc) is 2.97. The molecule has 4 nitrogen and oxygen atoms in total. The van der Waals surface area contributed by atoms with Gasteiger partial charge < -0.3 is 4.74 Å². The molecule has 3 rings (SSSR count). The number of halogens is 1. The van der Waals surface area contributed by atoms with Crippen LogP contribution in [-0.2, 0) is 4.74 Å². The molecular weight excluding hydrogens is 365 g/mol. The minimum absolute atomic E-state index is 0.360. The van der Waals surface area contributed by atoms with Crippen molar-refractivity contribution in [1.29, 1.82) is 0 Å². The number of rotatable bonds is 3. The number of ether oxygens (including phenoxy) is 1. The Balaban J connectivity index is 1.80. The van der Waals surface area contributed by atoms with Crippen LogP contribution in [0, 0.1) is 3.57 Å². The molecule has 106 valence electrons. The summed E-state index contributed by atoms with van der Waals surface area (Å²) in [5.41, 5.74) is 1.08. The minimum Gasteiger partial charge on any atom is -0.381 e. The number of hydrogen-bond acceptors (Lipinski definition) is 3. The van der Waals surface area contributed by atoms with Crippen LogP contribution in [0.2, 0.25) is 0 Å². The highest BCUT2D eigenvalue weighted by Gasteiger charge is 2.24. The van der Waals surface area contributed by atoms with Crippen molar-refractivity contribution >= 4 is 22.6 Å². The van der Waals surface area contributed by atoms with Gasteiger partial charge in [0.05, 0.1) is 12.1 Å². The third-order valence-corrected chi connectivity index (χ3v) is 4.57. The van der Waals surface area contributed by atoms with Gasteiger partial charge in [-0.1, -0.05) is 12.1 Å². The van der Waals surface area contributed by atoms with Gasteiger partial charge in [-0.25, -0.2) is 9.67 Å². The average molecular weight is 383 g/mol. The molecule has 5 heteroatoms. The zero-order chi connectivity index (χ0) is 13.9. The lowest BCUT2D eigenvalue weighted by Gasteiger charge is -2.27. The number of methoxy groups -OCH3 is 1. The molecule has 2 atom stereocenters. The number of benzene rings is 1. The first-order valence-corrected chi connectivity index (χ1v) is 8.04. The molecular formula is C15H18IN3O. The standard InChI is InChI=1S/C15H18IN3O/c1-20-14-7-3-6-13(9-14)19-10-17-15(18-19)11-4-2-5-12(16)8-11/h2,4-5,8,10,13-14H,3,6-7,9H2,1H3. The fourth-order valence-electron chi connectivity index (χ4n) is 2.79. The van der Waals surface area contributed by atoms with E-state index < -0.39 is 0 Å². The lowest BCUT2D eigenvalue weighted by molar-refractivity contribution is 0.0508. The molecule has 0 radical (unpaired) electrons. The Morgan fingerprint density at radius 3 is 3.05 bits per heavy atom. The lowest BCUT2D eigenvalue weighted by Crippen LogP contribution is -2.24. The Hall–Kier alpha value is -0.950. The molecule has 20 heavy (non-hydrogen) atoms. The van der Waals surface area contributed by atoms with E-state index in [4.69, 9.17) is 4.74 Å². The van der Waals surface area contributed by atoms with Crippen molar-refractivity contribution in [2.45, 2.75) is 37.8 Å². The maximum absolute atomic E-state index is 5.49. The summed E-state index contributed by atoms with van der Waals surface area (Å²) in [5.74, 6) is 0.808. The molecule has 0 bridgehead atoms. The van der Waals surface area contributed by atoms with Crippen molar-refractivity contribution < 1.29 is 4.74 Å². The van der Waals surface area contributed by atoms with Crippen LogP contribution in [-0.4, -0.2) is 28.0 Å². The maximum Gasteiger partial charge on any atom is 0.181 e. The molecule has 1 aromatic carbocycles. The second-order valence-electron chi connectivity index (χ2n) is 5.24. The van der Waals surface area contributed by atoms with E-state index in [2.05, 4.69) is 50.9 Å². The molecule has 1 saturated carbocycles. The third kappa shape index (κ3) is 3.03. The van der Waals surface area contributed by atoms with E-state index in [0.29, 0.717) is 12.1 Å². The fourth-order valence-corrected chi connectivity index (χ4v) is 3.33. The zero-order valence-electron chi connectivity index (χ0n) is 11.5. The summed E-state index contributed by atoms with van der Waals surface area (Å²) in [5, 5.41) is 4.66. The van der Waals surface area contributed by atoms with Crippen LogP contribution in [0.5, 0.6) is 0 Å². The highest BCUT2D eigenvalue weighted by atomic mass is 127. The largest absolute Gasteiger partial charge is 0.381 e. The van der Waals surface area contributed by atoms with Crippen molar-refractivity contribution in [2.24, 2.45) is 0 Å². The van der Waals surface area contributed by atoms with Gasteiger partial charge in [-0.05, 0) is 60.4 Å². The van der Waals surface area contributed by atoms with Crippen molar-refractivity contribution in [3.05, 3.63) is 34.2 Å². The second kappa shape index (κ2) is 6.22. The van der Waals surface area contributed by atoms with Crippen molar-refractivity contribution in [3.8, 4) is 11.4 Å². The van der Waals surface area contributed by atoms with Gasteiger partial charge in [0.25, 0.3) is 0 Å². The molecule has 2 aromatic rings. The van der Waals surface area contributed by atoms with Crippen LogP contribution < -0.4 is 0 Å². The van der Waals surface area contributed by atoms with E-state index in [1.54, 1.807) is 7.11 Å². The smallest absolute Gasteiger partial charge is 0.181 e. The quantitative estimate of drug-likeness (QED) is 0.760. The van der Waals surface area contributed by atoms with E-state index in [-0.39, 0.29) is 0 Å². The fraction of sp³-hybridized carbons (Fsp3) is 0.467. The molecule has 1 heterocycles. The first kappa shape index (κ1) is 14.0. The predicted molar refractivity (Wildman–Crippen MR) is 86.5 cm³/mol. The van der Waals surface area contributed by atoms with E-state index in [1.807, 2.05) is 17.1 Å². The molecule has 1 fully saturated rings. The van der Waals surface area contributed by atoms with Crippen LogP contribution in [0.4, 0.5) is 0 Å². The van der Waals surface area contributed by atoms with E-state index in [1.165, 1.54) is 9.99 Å². The summed E-state index contributed by atoms with van der Waals surface area (Å²) in [6.07, 6.45) is 6.77. The van der Waals surface area contributed by atoms with Crippen molar-refractivity contribution in [1.82, 2.24) is 14.8 Å². The normalized spacial score (nSPS) is 22.9. The number of hydrogen-bond donors (Lipinski definition) is 0. The van der Waals surface area contributed by atoms with E-state index in [9.17, 15) is 0 Å². The van der Waals surface area contributed by atoms with Crippen molar-refractivity contribution in [3.63, 3.8) is 0 Å². The van der Waals surface area contributed by atoms with Gasteiger partial charge in [0, 0.05) is 16.2 Å². The highest BCUT2D eigenvalue weighted by Crippen LogP contribution is 2.30. The summed E-state index contributed by atoms with van der Waals surface area (Å²) in [6, 6.07) is 8.70. The Labute approximate surface area is 132 Å². The lowest BCUT2D eigenvalue weighted by atomic mass is 9.93. The number of nitrogens with zero attached hydrogens (tertiary/aromatic N) is 3. The summed E-state index contributed by atoms with van der Waals surface area (Å²) < 4.78 is 8.70. The first-order valence-electron chi connectivity index (χ1n) is 6.96. The van der Waals surface area contributed by atoms with Crippen LogP contribution in [0.1, 0.15) is 31.7 Å². The third-order valence-electron chi connectivity index (χ3n) is 3.90. The Bertz CT molecular complexity index is 584. The predicted octanol–water partition coefficient (Wildman–Crippen LogP) is 3.68. The molecule has 1 aromatic heterocycles. The van der Waals surface area contributed by atoms with Crippen LogP contribution in [0.15, 0.2) is 30.6 Å². The molecule has 1 aliphatic carbocycles. The summed E-state index contributed by atoms with van der Waals surface area (Å²) in [7, 11) is 1.80. The van der Waals surface area contributed by atoms with Gasteiger partial charge in [-0.15, -0.1) is 0 Å². The van der Waals surface area contributed by atoms with E-state index in [0.717, 1.165) is 30.7 Å². The molecule has 0 amide bonds. The SMILES string of the molecule is COC1CCCC(n2cnc(-c3cccc(I)c3)n2)C1. The van der Waals surface area contributed by atoms with Gasteiger partial charge in [-0.2, -0.15) is 5.10 Å². The van der Waals surface area contributed by atoms with Crippen molar-refractivity contribution in [2.75, 3.05) is 7.11 Å². The maximum atomic E-state index is 5.49. The second-order valence-corrected chi connectivity index (χ2v) is 6.48. The molecule has 0 saturated heterocycles. The molecule has 0 N–H and O–H groups in total. The van der Waals surface area contributed by atoms with Crippen LogP contribution in [0.3, 0.4) is 0 Å². The van der Waals surface area contributed by atoms with E-state index >= 15 is 0 Å². The van der Waals surface area contributed by atoms with Crippen LogP contribution >= 0.6 is 22.6 Å². The summed E-state index contributed by atoms with van der Waals surface area (Å²) in [6.45, 7) is 0. The Morgan fingerprint density at radius 1 is 1.35 bits per heavy atom. The van der Waals surface area contributed by atoms with Gasteiger partial charge in [0.15, 0.2) is 5.82 Å². The topological polar surface area (TPSA) is 39.9 Å².